The number of carbonyl (C=O) groups excluding carboxylic acids is 1. The second-order valence-corrected chi connectivity index (χ2v) is 5.74. The van der Waals surface area contributed by atoms with Gasteiger partial charge in [0.15, 0.2) is 12.1 Å². The number of hydrogen-bond donors (Lipinski definition) is 2. The van der Waals surface area contributed by atoms with Gasteiger partial charge in [0.25, 0.3) is 6.03 Å². The molecule has 128 valence electrons. The second kappa shape index (κ2) is 6.88. The third kappa shape index (κ3) is 3.48. The van der Waals surface area contributed by atoms with Crippen LogP contribution in [0.15, 0.2) is 0 Å². The Hall–Kier alpha value is -0.610. The number of hydrogen-bond acceptors (Lipinski definition) is 8. The molecular weight excluding hydrogens is 292 g/mol. The maximum Gasteiger partial charge on any atom is 0.287 e. The summed E-state index contributed by atoms with van der Waals surface area (Å²) in [5, 5.41) is 0. The fourth-order valence-corrected chi connectivity index (χ4v) is 2.75. The van der Waals surface area contributed by atoms with Gasteiger partial charge in [0.05, 0.1) is 0 Å². The smallest absolute Gasteiger partial charge is 0.287 e. The third-order valence-electron chi connectivity index (χ3n) is 3.68. The van der Waals surface area contributed by atoms with Crippen molar-refractivity contribution in [2.75, 3.05) is 13.2 Å². The van der Waals surface area contributed by atoms with Crippen LogP contribution in [0.3, 0.4) is 0 Å². The first-order valence-electron chi connectivity index (χ1n) is 7.66. The van der Waals surface area contributed by atoms with Crippen LogP contribution in [0.25, 0.3) is 0 Å². The molecule has 0 aromatic heterocycles. The molecule has 0 spiro atoms. The molecule has 1 unspecified atom stereocenters. The molecule has 22 heavy (non-hydrogen) atoms. The SMILES string of the molecule is CCO[C@@H]1OC(C(=O)C(C)C)[C@@H](OCC)[C@@H]2OC(N)(N)O[C@H]12. The lowest BCUT2D eigenvalue weighted by Crippen LogP contribution is -2.60. The van der Waals surface area contributed by atoms with Crippen molar-refractivity contribution in [2.24, 2.45) is 17.4 Å². The molecule has 2 fully saturated rings. The van der Waals surface area contributed by atoms with E-state index in [1.807, 2.05) is 13.8 Å². The molecule has 0 bridgehead atoms. The van der Waals surface area contributed by atoms with Crippen LogP contribution in [-0.2, 0) is 28.5 Å². The highest BCUT2D eigenvalue weighted by atomic mass is 16.8. The van der Waals surface area contributed by atoms with E-state index in [0.717, 1.165) is 0 Å². The Bertz CT molecular complexity index is 403. The molecule has 8 nitrogen and oxygen atoms in total. The zero-order valence-corrected chi connectivity index (χ0v) is 13.5. The number of fused-ring (bicyclic) bond motifs is 1. The van der Waals surface area contributed by atoms with Crippen LogP contribution in [0.2, 0.25) is 0 Å². The van der Waals surface area contributed by atoms with Crippen molar-refractivity contribution in [3.63, 3.8) is 0 Å². The van der Waals surface area contributed by atoms with Gasteiger partial charge in [0, 0.05) is 19.1 Å². The topological polar surface area (TPSA) is 115 Å². The molecule has 0 radical (unpaired) electrons. The number of nitrogens with two attached hydrogens (primary N) is 2. The summed E-state index contributed by atoms with van der Waals surface area (Å²) < 4.78 is 28.0. The van der Waals surface area contributed by atoms with E-state index in [-0.39, 0.29) is 11.7 Å². The zero-order chi connectivity index (χ0) is 16.5. The quantitative estimate of drug-likeness (QED) is 0.641. The van der Waals surface area contributed by atoms with Crippen LogP contribution in [0.4, 0.5) is 0 Å². The minimum absolute atomic E-state index is 0.0863. The summed E-state index contributed by atoms with van der Waals surface area (Å²) in [7, 11) is 0. The number of ether oxygens (including phenoxy) is 5. The van der Waals surface area contributed by atoms with Crippen LogP contribution in [-0.4, -0.2) is 55.7 Å². The number of rotatable bonds is 6. The lowest BCUT2D eigenvalue weighted by molar-refractivity contribution is -0.274. The Balaban J connectivity index is 2.29. The van der Waals surface area contributed by atoms with Gasteiger partial charge < -0.3 is 23.7 Å². The Morgan fingerprint density at radius 2 is 1.73 bits per heavy atom. The first-order chi connectivity index (χ1) is 10.3. The zero-order valence-electron chi connectivity index (χ0n) is 13.5. The third-order valence-corrected chi connectivity index (χ3v) is 3.68. The molecule has 0 aliphatic carbocycles. The fourth-order valence-electron chi connectivity index (χ4n) is 2.75. The van der Waals surface area contributed by atoms with Gasteiger partial charge in [-0.3, -0.25) is 16.3 Å². The molecular formula is C14H26N2O6. The minimum atomic E-state index is -1.75. The summed E-state index contributed by atoms with van der Waals surface area (Å²) in [6.45, 7) is 8.04. The molecule has 0 saturated carbocycles. The fraction of sp³-hybridized carbons (Fsp3) is 0.929. The largest absolute Gasteiger partial charge is 0.372 e. The number of carbonyl (C=O) groups is 1. The summed E-state index contributed by atoms with van der Waals surface area (Å²) in [5.41, 5.74) is 11.4. The Morgan fingerprint density at radius 3 is 2.27 bits per heavy atom. The minimum Gasteiger partial charge on any atom is -0.372 e. The second-order valence-electron chi connectivity index (χ2n) is 5.74. The average molecular weight is 318 g/mol. The molecule has 2 saturated heterocycles. The van der Waals surface area contributed by atoms with E-state index in [0.29, 0.717) is 13.2 Å². The van der Waals surface area contributed by atoms with E-state index >= 15 is 0 Å². The van der Waals surface area contributed by atoms with Crippen LogP contribution in [0.5, 0.6) is 0 Å². The summed E-state index contributed by atoms with van der Waals surface area (Å²) in [6.07, 6.45) is -3.52. The first kappa shape index (κ1) is 17.7. The van der Waals surface area contributed by atoms with E-state index in [2.05, 4.69) is 0 Å². The van der Waals surface area contributed by atoms with Crippen molar-refractivity contribution in [3.8, 4) is 0 Å². The Labute approximate surface area is 130 Å². The maximum absolute atomic E-state index is 12.5. The van der Waals surface area contributed by atoms with Crippen LogP contribution in [0, 0.1) is 5.92 Å². The molecule has 2 heterocycles. The van der Waals surface area contributed by atoms with Crippen LogP contribution < -0.4 is 11.5 Å². The van der Waals surface area contributed by atoms with Gasteiger partial charge in [-0.1, -0.05) is 13.8 Å². The molecule has 2 rings (SSSR count). The first-order valence-corrected chi connectivity index (χ1v) is 7.66. The van der Waals surface area contributed by atoms with E-state index in [9.17, 15) is 4.79 Å². The molecule has 2 aliphatic heterocycles. The van der Waals surface area contributed by atoms with Gasteiger partial charge in [0.1, 0.15) is 24.4 Å². The highest BCUT2D eigenvalue weighted by molar-refractivity contribution is 5.85. The van der Waals surface area contributed by atoms with Crippen molar-refractivity contribution in [3.05, 3.63) is 0 Å². The molecule has 2 aliphatic rings. The highest BCUT2D eigenvalue weighted by Gasteiger charge is 2.58. The number of Topliss-reactive ketones (excluding diaryl/α,β-unsaturated/α-hetero) is 1. The van der Waals surface area contributed by atoms with Gasteiger partial charge >= 0.3 is 0 Å². The number of ketones is 1. The molecule has 4 N–H and O–H groups in total. The maximum atomic E-state index is 12.5. The van der Waals surface area contributed by atoms with E-state index in [4.69, 9.17) is 35.2 Å². The normalized spacial score (nSPS) is 37.3. The lowest BCUT2D eigenvalue weighted by atomic mass is 9.91. The van der Waals surface area contributed by atoms with Gasteiger partial charge in [-0.25, -0.2) is 0 Å². The molecule has 0 aromatic carbocycles. The van der Waals surface area contributed by atoms with Gasteiger partial charge in [-0.2, -0.15) is 0 Å². The van der Waals surface area contributed by atoms with E-state index in [1.54, 1.807) is 13.8 Å². The summed E-state index contributed by atoms with van der Waals surface area (Å²) in [5.74, 6) is -0.300. The predicted molar refractivity (Wildman–Crippen MR) is 76.4 cm³/mol. The lowest BCUT2D eigenvalue weighted by Gasteiger charge is -2.41. The van der Waals surface area contributed by atoms with Gasteiger partial charge in [-0.05, 0) is 13.8 Å². The van der Waals surface area contributed by atoms with Crippen molar-refractivity contribution in [1.82, 2.24) is 0 Å². The van der Waals surface area contributed by atoms with E-state index in [1.165, 1.54) is 0 Å². The Kier molecular flexibility index (Phi) is 5.54. The highest BCUT2D eigenvalue weighted by Crippen LogP contribution is 2.36. The van der Waals surface area contributed by atoms with E-state index < -0.39 is 36.7 Å². The van der Waals surface area contributed by atoms with Crippen LogP contribution >= 0.6 is 0 Å². The average Bonchev–Trinajstić information content (AvgIpc) is 2.76. The van der Waals surface area contributed by atoms with Gasteiger partial charge in [0.2, 0.25) is 0 Å². The Morgan fingerprint density at radius 1 is 1.14 bits per heavy atom. The monoisotopic (exact) mass is 318 g/mol. The summed E-state index contributed by atoms with van der Waals surface area (Å²) >= 11 is 0. The van der Waals surface area contributed by atoms with Crippen molar-refractivity contribution in [2.45, 2.75) is 64.4 Å². The molecule has 5 atom stereocenters. The van der Waals surface area contributed by atoms with Gasteiger partial charge in [-0.15, -0.1) is 0 Å². The van der Waals surface area contributed by atoms with Crippen molar-refractivity contribution >= 4 is 5.78 Å². The molecule has 0 aromatic rings. The predicted octanol–water partition coefficient (Wildman–Crippen LogP) is -0.309. The van der Waals surface area contributed by atoms with Crippen LogP contribution in [0.1, 0.15) is 27.7 Å². The van der Waals surface area contributed by atoms with Crippen molar-refractivity contribution in [1.29, 1.82) is 0 Å². The molecule has 0 amide bonds. The summed E-state index contributed by atoms with van der Waals surface area (Å²) in [4.78, 5) is 12.5. The summed E-state index contributed by atoms with van der Waals surface area (Å²) in [6, 6.07) is -1.75. The standard InChI is InChI=1S/C14H26N2O6/c1-5-18-10-9(8(17)7(3)4)20-13(19-6-2)12-11(10)21-14(15,16)22-12/h7,9-13H,5-6,15-16H2,1-4H3/t9?,10-,11+,12+,13-/m1/s1. The van der Waals surface area contributed by atoms with Crippen molar-refractivity contribution < 1.29 is 28.5 Å². The molecule has 8 heteroatoms.